The molecule has 1 N–H and O–H groups in total. The third-order valence-electron chi connectivity index (χ3n) is 6.17. The minimum absolute atomic E-state index is 0.368. The fourth-order valence-corrected chi connectivity index (χ4v) is 7.26. The van der Waals surface area contributed by atoms with Crippen LogP contribution in [0.4, 0.5) is 5.69 Å². The SMILES string of the molecule is Oc1ccc(-c2ssc(=S)c2Cc2ccccc2)cc1CN1CCN(c2ccccc2)CC1. The van der Waals surface area contributed by atoms with E-state index >= 15 is 0 Å². The minimum atomic E-state index is 0.368. The van der Waals surface area contributed by atoms with Crippen LogP contribution in [-0.2, 0) is 13.0 Å². The number of phenolic OH excluding ortho intramolecular Hbond substituents is 1. The second-order valence-electron chi connectivity index (χ2n) is 8.37. The number of nitrogens with zero attached hydrogens (tertiary/aromatic N) is 2. The first kappa shape index (κ1) is 22.3. The lowest BCUT2D eigenvalue weighted by molar-refractivity contribution is 0.247. The molecule has 1 fully saturated rings. The molecule has 6 heteroatoms. The molecule has 3 aromatic carbocycles. The van der Waals surface area contributed by atoms with Crippen molar-refractivity contribution >= 4 is 38.6 Å². The van der Waals surface area contributed by atoms with Crippen LogP contribution < -0.4 is 4.90 Å². The summed E-state index contributed by atoms with van der Waals surface area (Å²) in [7, 11) is 3.41. The minimum Gasteiger partial charge on any atom is -0.508 e. The van der Waals surface area contributed by atoms with Gasteiger partial charge in [-0.25, -0.2) is 0 Å². The van der Waals surface area contributed by atoms with E-state index in [1.165, 1.54) is 21.7 Å². The van der Waals surface area contributed by atoms with Crippen LogP contribution in [0.15, 0.2) is 78.9 Å². The topological polar surface area (TPSA) is 26.7 Å². The maximum absolute atomic E-state index is 10.6. The maximum Gasteiger partial charge on any atom is 0.120 e. The van der Waals surface area contributed by atoms with E-state index in [-0.39, 0.29) is 0 Å². The van der Waals surface area contributed by atoms with Crippen molar-refractivity contribution in [2.75, 3.05) is 31.1 Å². The van der Waals surface area contributed by atoms with E-state index in [9.17, 15) is 5.11 Å². The molecule has 168 valence electrons. The lowest BCUT2D eigenvalue weighted by Gasteiger charge is -2.36. The van der Waals surface area contributed by atoms with E-state index in [1.54, 1.807) is 20.7 Å². The molecule has 0 spiro atoms. The van der Waals surface area contributed by atoms with Crippen molar-refractivity contribution in [1.82, 2.24) is 4.90 Å². The van der Waals surface area contributed by atoms with Crippen LogP contribution in [0, 0.1) is 3.82 Å². The number of hydrogen-bond acceptors (Lipinski definition) is 6. The second-order valence-corrected chi connectivity index (χ2v) is 11.2. The summed E-state index contributed by atoms with van der Waals surface area (Å²) in [6.45, 7) is 4.71. The number of anilines is 1. The zero-order valence-electron chi connectivity index (χ0n) is 18.3. The standard InChI is InChI=1S/C27H26N2OS3/c30-25-12-11-21(26-24(27(31)33-32-26)17-20-7-3-1-4-8-20)18-22(25)19-28-13-15-29(16-14-28)23-9-5-2-6-10-23/h1-12,18,30H,13-17,19H2. The first-order valence-corrected chi connectivity index (χ1v) is 13.7. The molecule has 5 rings (SSSR count). The molecule has 3 nitrogen and oxygen atoms in total. The van der Waals surface area contributed by atoms with Crippen molar-refractivity contribution in [2.24, 2.45) is 0 Å². The smallest absolute Gasteiger partial charge is 0.120 e. The van der Waals surface area contributed by atoms with Crippen molar-refractivity contribution in [3.8, 4) is 16.2 Å². The van der Waals surface area contributed by atoms with Crippen LogP contribution in [0.5, 0.6) is 5.75 Å². The molecule has 2 heterocycles. The molecule has 0 bridgehead atoms. The average molecular weight is 491 g/mol. The van der Waals surface area contributed by atoms with Crippen molar-refractivity contribution in [2.45, 2.75) is 13.0 Å². The van der Waals surface area contributed by atoms with Crippen LogP contribution >= 0.6 is 32.9 Å². The van der Waals surface area contributed by atoms with E-state index in [0.717, 1.165) is 54.1 Å². The van der Waals surface area contributed by atoms with E-state index in [4.69, 9.17) is 12.2 Å². The molecule has 1 aromatic heterocycles. The van der Waals surface area contributed by atoms with Gasteiger partial charge in [0.1, 0.15) is 9.57 Å². The summed E-state index contributed by atoms with van der Waals surface area (Å²) in [6.07, 6.45) is 0.840. The molecular weight excluding hydrogens is 465 g/mol. The lowest BCUT2D eigenvalue weighted by atomic mass is 10.0. The molecule has 0 unspecified atom stereocenters. The zero-order chi connectivity index (χ0) is 22.6. The molecule has 4 aromatic rings. The summed E-state index contributed by atoms with van der Waals surface area (Å²) >= 11 is 5.68. The molecule has 0 saturated carbocycles. The van der Waals surface area contributed by atoms with Gasteiger partial charge in [0.2, 0.25) is 0 Å². The van der Waals surface area contributed by atoms with Crippen LogP contribution in [0.2, 0.25) is 0 Å². The third kappa shape index (κ3) is 5.20. The van der Waals surface area contributed by atoms with Gasteiger partial charge in [-0.1, -0.05) is 81.4 Å². The monoisotopic (exact) mass is 490 g/mol. The van der Waals surface area contributed by atoms with Gasteiger partial charge in [-0.3, -0.25) is 4.90 Å². The van der Waals surface area contributed by atoms with Crippen LogP contribution in [0.1, 0.15) is 16.7 Å². The van der Waals surface area contributed by atoms with Crippen LogP contribution in [0.25, 0.3) is 10.4 Å². The Bertz CT molecular complexity index is 1260. The van der Waals surface area contributed by atoms with Gasteiger partial charge >= 0.3 is 0 Å². The van der Waals surface area contributed by atoms with Gasteiger partial charge in [-0.05, 0) is 41.5 Å². The van der Waals surface area contributed by atoms with E-state index in [1.807, 2.05) is 18.2 Å². The van der Waals surface area contributed by atoms with Gasteiger partial charge in [-0.2, -0.15) is 0 Å². The highest BCUT2D eigenvalue weighted by Gasteiger charge is 2.19. The molecule has 1 saturated heterocycles. The zero-order valence-corrected chi connectivity index (χ0v) is 20.8. The summed E-state index contributed by atoms with van der Waals surface area (Å²) < 4.78 is 0.963. The first-order chi connectivity index (χ1) is 16.2. The Morgan fingerprint density at radius 1 is 0.818 bits per heavy atom. The molecular formula is C27H26N2OS3. The molecule has 0 atom stereocenters. The molecule has 0 amide bonds. The Hall–Kier alpha value is -2.51. The van der Waals surface area contributed by atoms with E-state index in [0.29, 0.717) is 5.75 Å². The van der Waals surface area contributed by atoms with E-state index in [2.05, 4.69) is 70.5 Å². The lowest BCUT2D eigenvalue weighted by Crippen LogP contribution is -2.45. The number of para-hydroxylation sites is 1. The Morgan fingerprint density at radius 3 is 2.24 bits per heavy atom. The molecule has 0 radical (unpaired) electrons. The first-order valence-electron chi connectivity index (χ1n) is 11.2. The van der Waals surface area contributed by atoms with Gasteiger partial charge in [0.25, 0.3) is 0 Å². The van der Waals surface area contributed by atoms with Gasteiger partial charge in [0.05, 0.1) is 4.88 Å². The van der Waals surface area contributed by atoms with Crippen molar-refractivity contribution in [3.63, 3.8) is 0 Å². The van der Waals surface area contributed by atoms with Gasteiger partial charge in [0.15, 0.2) is 0 Å². The number of rotatable bonds is 6. The third-order valence-corrected chi connectivity index (χ3v) is 9.37. The Kier molecular flexibility index (Phi) is 6.88. The van der Waals surface area contributed by atoms with Gasteiger partial charge < -0.3 is 10.0 Å². The number of piperazine rings is 1. The summed E-state index contributed by atoms with van der Waals surface area (Å²) in [5, 5.41) is 10.6. The summed E-state index contributed by atoms with van der Waals surface area (Å²) in [5.41, 5.74) is 5.90. The van der Waals surface area contributed by atoms with Crippen LogP contribution in [0.3, 0.4) is 0 Å². The van der Waals surface area contributed by atoms with Crippen molar-refractivity contribution in [3.05, 3.63) is 99.4 Å². The average Bonchev–Trinajstić information content (AvgIpc) is 3.22. The number of phenols is 1. The highest BCUT2D eigenvalue weighted by molar-refractivity contribution is 7.80. The second kappa shape index (κ2) is 10.2. The predicted octanol–water partition coefficient (Wildman–Crippen LogP) is 6.82. The summed E-state index contributed by atoms with van der Waals surface area (Å²) in [6, 6.07) is 27.1. The number of hydrogen-bond donors (Lipinski definition) is 1. The van der Waals surface area contributed by atoms with E-state index < -0.39 is 0 Å². The number of benzene rings is 3. The van der Waals surface area contributed by atoms with Crippen molar-refractivity contribution < 1.29 is 5.11 Å². The molecule has 1 aliphatic heterocycles. The van der Waals surface area contributed by atoms with Gasteiger partial charge in [-0.15, -0.1) is 0 Å². The van der Waals surface area contributed by atoms with Crippen molar-refractivity contribution in [1.29, 1.82) is 0 Å². The summed E-state index contributed by atoms with van der Waals surface area (Å²) in [5.74, 6) is 0.368. The molecule has 1 aliphatic rings. The quantitative estimate of drug-likeness (QED) is 0.237. The Balaban J connectivity index is 1.32. The highest BCUT2D eigenvalue weighted by Crippen LogP contribution is 2.38. The highest BCUT2D eigenvalue weighted by atomic mass is 32.9. The normalized spacial score (nSPS) is 14.5. The Morgan fingerprint density at radius 2 is 1.52 bits per heavy atom. The number of aromatic hydroxyl groups is 1. The maximum atomic E-state index is 10.6. The fraction of sp³-hybridized carbons (Fsp3) is 0.222. The molecule has 33 heavy (non-hydrogen) atoms. The predicted molar refractivity (Wildman–Crippen MR) is 143 cm³/mol. The van der Waals surface area contributed by atoms with Crippen LogP contribution in [-0.4, -0.2) is 36.2 Å². The Labute approximate surface area is 207 Å². The molecule has 0 aliphatic carbocycles. The summed E-state index contributed by atoms with van der Waals surface area (Å²) in [4.78, 5) is 6.09. The largest absolute Gasteiger partial charge is 0.508 e. The van der Waals surface area contributed by atoms with Gasteiger partial charge in [0, 0.05) is 56.0 Å². The fourth-order valence-electron chi connectivity index (χ4n) is 4.34.